The van der Waals surface area contributed by atoms with Crippen LogP contribution in [-0.4, -0.2) is 12.7 Å². The van der Waals surface area contributed by atoms with Crippen molar-refractivity contribution in [2.45, 2.75) is 12.7 Å². The molecule has 0 aromatic carbocycles. The summed E-state index contributed by atoms with van der Waals surface area (Å²) >= 11 is 12.4. The van der Waals surface area contributed by atoms with Crippen LogP contribution in [0.2, 0.25) is 0 Å². The molecule has 0 saturated heterocycles. The lowest BCUT2D eigenvalue weighted by molar-refractivity contribution is 0.289. The van der Waals surface area contributed by atoms with E-state index in [1.54, 1.807) is 0 Å². The number of halogens is 4. The monoisotopic (exact) mass is 502 g/mol. The van der Waals surface area contributed by atoms with Gasteiger partial charge in [-0.05, 0) is 0 Å². The van der Waals surface area contributed by atoms with Crippen LogP contribution in [0.5, 0.6) is 0 Å². The minimum absolute atomic E-state index is 0.566. The van der Waals surface area contributed by atoms with Crippen LogP contribution in [-0.2, 0) is 0 Å². The van der Waals surface area contributed by atoms with Crippen LogP contribution in [0, 0.1) is 11.8 Å². The van der Waals surface area contributed by atoms with E-state index < -0.39 is 0 Å². The first-order valence-electron chi connectivity index (χ1n) is 3.42. The molecule has 0 heterocycles. The largest absolute Gasteiger partial charge is 0.0829 e. The van der Waals surface area contributed by atoms with Crippen LogP contribution >= 0.6 is 77.0 Å². The van der Waals surface area contributed by atoms with Crippen molar-refractivity contribution >= 4 is 77.0 Å². The van der Waals surface area contributed by atoms with E-state index in [-0.39, 0.29) is 0 Å². The topological polar surface area (TPSA) is 0 Å². The summed E-state index contributed by atoms with van der Waals surface area (Å²) in [6.45, 7) is 0. The van der Waals surface area contributed by atoms with Crippen molar-refractivity contribution in [2.24, 2.45) is 11.8 Å². The normalized spacial score (nSPS) is 54.9. The van der Waals surface area contributed by atoms with Crippen LogP contribution in [0.1, 0.15) is 0 Å². The second-order valence-corrected chi connectivity index (χ2v) is 7.78. The second kappa shape index (κ2) is 3.38. The Morgan fingerprint density at radius 1 is 1.27 bits per heavy atom. The van der Waals surface area contributed by atoms with Gasteiger partial charge in [0.15, 0.2) is 0 Å². The molecule has 0 N–H and O–H groups in total. The number of hydrogen-bond donors (Lipinski definition) is 0. The van der Waals surface area contributed by atoms with Gasteiger partial charge in [0.1, 0.15) is 0 Å². The van der Waals surface area contributed by atoms with Crippen molar-refractivity contribution in [3.63, 3.8) is 0 Å². The maximum atomic E-state index is 3.71. The Kier molecular flexibility index (Phi) is 2.98. The van der Waals surface area contributed by atoms with E-state index >= 15 is 0 Å². The summed E-state index contributed by atoms with van der Waals surface area (Å²) in [5.74, 6) is 1.64. The molecule has 5 atom stereocenters. The fraction of sp³-hybridized carbons (Fsp3) is 0.714. The molecule has 0 aromatic rings. The molecule has 3 aliphatic rings. The Morgan fingerprint density at radius 3 is 2.18 bits per heavy atom. The smallest absolute Gasteiger partial charge is 0.0506 e. The Balaban J connectivity index is 2.29. The molecule has 0 nitrogen and oxygen atoms in total. The van der Waals surface area contributed by atoms with Crippen molar-refractivity contribution in [2.75, 3.05) is 0 Å². The lowest BCUT2D eigenvalue weighted by Crippen LogP contribution is -2.55. The molecule has 62 valence electrons. The minimum atomic E-state index is 0.566. The number of alkyl halides is 3. The van der Waals surface area contributed by atoms with Crippen LogP contribution in [0.15, 0.2) is 10.6 Å². The molecule has 11 heavy (non-hydrogen) atoms. The Labute approximate surface area is 110 Å². The number of hydrogen-bond acceptors (Lipinski definition) is 0. The summed E-state index contributed by atoms with van der Waals surface area (Å²) in [4.78, 5) is 0.566. The van der Waals surface area contributed by atoms with Crippen LogP contribution < -0.4 is 0 Å². The quantitative estimate of drug-likeness (QED) is 0.348. The molecule has 0 spiro atoms. The Hall–Kier alpha value is 2.16. The Bertz CT molecular complexity index is 206. The van der Waals surface area contributed by atoms with Gasteiger partial charge >= 0.3 is 0 Å². The third-order valence-corrected chi connectivity index (χ3v) is 8.22. The van der Waals surface area contributed by atoms with Crippen molar-refractivity contribution in [3.05, 3.63) is 10.6 Å². The molecule has 0 aliphatic heterocycles. The minimum Gasteiger partial charge on any atom is -0.0829 e. The molecule has 3 aliphatic carbocycles. The molecule has 0 amide bonds. The highest BCUT2D eigenvalue weighted by Crippen LogP contribution is 2.56. The fourth-order valence-electron chi connectivity index (χ4n) is 1.69. The van der Waals surface area contributed by atoms with Crippen molar-refractivity contribution in [1.29, 1.82) is 0 Å². The number of fused-ring (bicyclic) bond motifs is 1. The molecular weight excluding hydrogens is 498 g/mol. The van der Waals surface area contributed by atoms with Gasteiger partial charge in [-0.3, -0.25) is 0 Å². The first-order chi connectivity index (χ1) is 5.13. The third-order valence-electron chi connectivity index (χ3n) is 2.42. The predicted octanol–water partition coefficient (Wildman–Crippen LogP) is 3.90. The fourth-order valence-corrected chi connectivity index (χ4v) is 8.87. The summed E-state index contributed by atoms with van der Waals surface area (Å²) < 4.78 is 3.05. The maximum Gasteiger partial charge on any atom is 0.0506 e. The maximum absolute atomic E-state index is 3.71. The molecular formula is C7H6Br2I2. The summed E-state index contributed by atoms with van der Waals surface area (Å²) in [5.41, 5.74) is 0. The average molecular weight is 504 g/mol. The van der Waals surface area contributed by atoms with Crippen LogP contribution in [0.3, 0.4) is 0 Å². The SMILES string of the molecule is BrC1=CC2C(I)C([C@@H]2I)[C@H]1Br. The highest BCUT2D eigenvalue weighted by molar-refractivity contribution is 14.1. The van der Waals surface area contributed by atoms with E-state index in [0.29, 0.717) is 4.83 Å². The van der Waals surface area contributed by atoms with Gasteiger partial charge in [-0.25, -0.2) is 0 Å². The predicted molar refractivity (Wildman–Crippen MR) is 72.3 cm³/mol. The first-order valence-corrected chi connectivity index (χ1v) is 7.62. The highest BCUT2D eigenvalue weighted by Gasteiger charge is 2.53. The van der Waals surface area contributed by atoms with E-state index in [0.717, 1.165) is 19.7 Å². The molecule has 0 radical (unpaired) electrons. The van der Waals surface area contributed by atoms with E-state index in [9.17, 15) is 0 Å². The van der Waals surface area contributed by atoms with E-state index in [2.05, 4.69) is 83.1 Å². The van der Waals surface area contributed by atoms with Gasteiger partial charge in [0, 0.05) is 24.2 Å². The molecule has 0 aromatic heterocycles. The van der Waals surface area contributed by atoms with E-state index in [4.69, 9.17) is 0 Å². The van der Waals surface area contributed by atoms with Crippen molar-refractivity contribution < 1.29 is 0 Å². The molecule has 1 saturated carbocycles. The van der Waals surface area contributed by atoms with Crippen molar-refractivity contribution in [1.82, 2.24) is 0 Å². The molecule has 3 unspecified atom stereocenters. The van der Waals surface area contributed by atoms with Gasteiger partial charge < -0.3 is 0 Å². The summed E-state index contributed by atoms with van der Waals surface area (Å²) in [6, 6.07) is 0. The molecule has 1 fully saturated rings. The Morgan fingerprint density at radius 2 is 1.82 bits per heavy atom. The van der Waals surface area contributed by atoms with E-state index in [1.165, 1.54) is 4.48 Å². The van der Waals surface area contributed by atoms with Crippen LogP contribution in [0.4, 0.5) is 0 Å². The van der Waals surface area contributed by atoms with Gasteiger partial charge in [0.05, 0.1) is 4.83 Å². The van der Waals surface area contributed by atoms with Gasteiger partial charge in [0.2, 0.25) is 0 Å². The average Bonchev–Trinajstić information content (AvgIpc) is 1.97. The molecule has 2 bridgehead atoms. The van der Waals surface area contributed by atoms with Gasteiger partial charge in [-0.15, -0.1) is 0 Å². The van der Waals surface area contributed by atoms with E-state index in [1.807, 2.05) is 0 Å². The first kappa shape index (κ1) is 9.71. The van der Waals surface area contributed by atoms with Crippen molar-refractivity contribution in [3.8, 4) is 0 Å². The third kappa shape index (κ3) is 1.38. The van der Waals surface area contributed by atoms with Crippen LogP contribution in [0.25, 0.3) is 0 Å². The lowest BCUT2D eigenvalue weighted by atomic mass is 9.69. The zero-order valence-corrected chi connectivity index (χ0v) is 13.0. The van der Waals surface area contributed by atoms with Gasteiger partial charge in [-0.1, -0.05) is 83.1 Å². The zero-order chi connectivity index (χ0) is 8.17. The summed E-state index contributed by atoms with van der Waals surface area (Å²) in [7, 11) is 0. The molecule has 3 rings (SSSR count). The zero-order valence-electron chi connectivity index (χ0n) is 5.48. The second-order valence-electron chi connectivity index (χ2n) is 3.00. The summed E-state index contributed by atoms with van der Waals surface area (Å²) in [6.07, 6.45) is 2.37. The standard InChI is InChI=1S/C7H6Br2I2/c8-3-1-2-6(10)4(5(3)9)7(2)11/h1-2,4-7H/t2?,4?,5-,6+,7?/m0/s1. The highest BCUT2D eigenvalue weighted by atomic mass is 127. The van der Waals surface area contributed by atoms with Gasteiger partial charge in [-0.2, -0.15) is 0 Å². The van der Waals surface area contributed by atoms with Gasteiger partial charge in [0.25, 0.3) is 0 Å². The lowest BCUT2D eigenvalue weighted by Gasteiger charge is -2.51. The number of allylic oxidation sites excluding steroid dienone is 2. The number of rotatable bonds is 0. The summed E-state index contributed by atoms with van der Waals surface area (Å²) in [5, 5.41) is 0. The molecule has 4 heteroatoms.